The molecule has 0 saturated heterocycles. The Morgan fingerprint density at radius 2 is 2.14 bits per heavy atom. The summed E-state index contributed by atoms with van der Waals surface area (Å²) in [7, 11) is -3.98. The highest BCUT2D eigenvalue weighted by Gasteiger charge is 2.23. The van der Waals surface area contributed by atoms with Gasteiger partial charge in [0, 0.05) is 18.2 Å². The molecule has 0 aliphatic carbocycles. The SMILES string of the molecule is Cc1cc(F)c(S(=O)(=O)NC(C)Cc2ccco2)cc1N. The van der Waals surface area contributed by atoms with Crippen LogP contribution in [0, 0.1) is 12.7 Å². The van der Waals surface area contributed by atoms with Gasteiger partial charge < -0.3 is 10.2 Å². The molecule has 0 aliphatic rings. The third kappa shape index (κ3) is 3.62. The zero-order valence-corrected chi connectivity index (χ0v) is 12.6. The highest BCUT2D eigenvalue weighted by atomic mass is 32.2. The maximum atomic E-state index is 13.9. The Morgan fingerprint density at radius 3 is 2.76 bits per heavy atom. The number of nitrogens with one attached hydrogen (secondary N) is 1. The fourth-order valence-electron chi connectivity index (χ4n) is 1.98. The number of benzene rings is 1. The minimum Gasteiger partial charge on any atom is -0.469 e. The summed E-state index contributed by atoms with van der Waals surface area (Å²) in [5, 5.41) is 0. The molecule has 0 saturated carbocycles. The Morgan fingerprint density at radius 1 is 1.43 bits per heavy atom. The maximum absolute atomic E-state index is 13.9. The normalized spacial score (nSPS) is 13.3. The van der Waals surface area contributed by atoms with Crippen molar-refractivity contribution >= 4 is 15.7 Å². The van der Waals surface area contributed by atoms with E-state index in [1.165, 1.54) is 6.26 Å². The molecule has 1 aromatic carbocycles. The number of furan rings is 1. The van der Waals surface area contributed by atoms with Crippen molar-refractivity contribution < 1.29 is 17.2 Å². The van der Waals surface area contributed by atoms with Crippen LogP contribution in [0.2, 0.25) is 0 Å². The molecule has 0 spiro atoms. The Balaban J connectivity index is 2.20. The van der Waals surface area contributed by atoms with Gasteiger partial charge in [0.1, 0.15) is 16.5 Å². The summed E-state index contributed by atoms with van der Waals surface area (Å²) in [5.74, 6) is -0.173. The molecule has 2 rings (SSSR count). The van der Waals surface area contributed by atoms with E-state index in [1.807, 2.05) is 0 Å². The van der Waals surface area contributed by atoms with E-state index in [-0.39, 0.29) is 5.69 Å². The lowest BCUT2D eigenvalue weighted by molar-refractivity contribution is 0.478. The molecule has 0 fully saturated rings. The third-order valence-corrected chi connectivity index (χ3v) is 4.66. The van der Waals surface area contributed by atoms with Crippen molar-refractivity contribution in [2.45, 2.75) is 31.2 Å². The van der Waals surface area contributed by atoms with Crippen LogP contribution in [-0.2, 0) is 16.4 Å². The molecule has 7 heteroatoms. The van der Waals surface area contributed by atoms with Crippen LogP contribution in [0.25, 0.3) is 0 Å². The van der Waals surface area contributed by atoms with Crippen LogP contribution >= 0.6 is 0 Å². The van der Waals surface area contributed by atoms with Gasteiger partial charge in [0.15, 0.2) is 0 Å². The molecule has 1 aromatic heterocycles. The molecule has 5 nitrogen and oxygen atoms in total. The van der Waals surface area contributed by atoms with E-state index >= 15 is 0 Å². The molecule has 1 unspecified atom stereocenters. The lowest BCUT2D eigenvalue weighted by Gasteiger charge is -2.14. The summed E-state index contributed by atoms with van der Waals surface area (Å²) in [6.07, 6.45) is 1.88. The Bertz CT molecular complexity index is 727. The first kappa shape index (κ1) is 15.5. The molecule has 2 aromatic rings. The highest BCUT2D eigenvalue weighted by Crippen LogP contribution is 2.21. The first-order valence-electron chi connectivity index (χ1n) is 6.40. The Kier molecular flexibility index (Phi) is 4.34. The molecule has 0 amide bonds. The van der Waals surface area contributed by atoms with Crippen LogP contribution in [0.15, 0.2) is 39.8 Å². The van der Waals surface area contributed by atoms with Gasteiger partial charge >= 0.3 is 0 Å². The Hall–Kier alpha value is -1.86. The first-order chi connectivity index (χ1) is 9.79. The van der Waals surface area contributed by atoms with Crippen molar-refractivity contribution in [3.63, 3.8) is 0 Å². The lowest BCUT2D eigenvalue weighted by Crippen LogP contribution is -2.34. The van der Waals surface area contributed by atoms with Gasteiger partial charge in [-0.15, -0.1) is 0 Å². The predicted molar refractivity (Wildman–Crippen MR) is 77.7 cm³/mol. The third-order valence-electron chi connectivity index (χ3n) is 3.05. The smallest absolute Gasteiger partial charge is 0.243 e. The number of nitrogen functional groups attached to an aromatic ring is 1. The van der Waals surface area contributed by atoms with E-state index in [0.717, 1.165) is 12.1 Å². The molecule has 3 N–H and O–H groups in total. The number of nitrogens with two attached hydrogens (primary N) is 1. The molecule has 1 atom stereocenters. The van der Waals surface area contributed by atoms with Crippen molar-refractivity contribution in [1.82, 2.24) is 4.72 Å². The fraction of sp³-hybridized carbons (Fsp3) is 0.286. The van der Waals surface area contributed by atoms with Gasteiger partial charge in [-0.3, -0.25) is 0 Å². The van der Waals surface area contributed by atoms with E-state index in [9.17, 15) is 12.8 Å². The van der Waals surface area contributed by atoms with Crippen LogP contribution in [0.4, 0.5) is 10.1 Å². The summed E-state index contributed by atoms with van der Waals surface area (Å²) >= 11 is 0. The second-order valence-electron chi connectivity index (χ2n) is 4.95. The predicted octanol–water partition coefficient (Wildman–Crippen LogP) is 2.22. The first-order valence-corrected chi connectivity index (χ1v) is 7.88. The van der Waals surface area contributed by atoms with Crippen molar-refractivity contribution in [3.05, 3.63) is 47.7 Å². The van der Waals surface area contributed by atoms with Crippen molar-refractivity contribution in [2.75, 3.05) is 5.73 Å². The summed E-state index contributed by atoms with van der Waals surface area (Å²) < 4.78 is 45.9. The quantitative estimate of drug-likeness (QED) is 0.829. The summed E-state index contributed by atoms with van der Waals surface area (Å²) in [6, 6.07) is 5.27. The summed E-state index contributed by atoms with van der Waals surface area (Å²) in [6.45, 7) is 3.29. The highest BCUT2D eigenvalue weighted by molar-refractivity contribution is 7.89. The lowest BCUT2D eigenvalue weighted by atomic mass is 10.2. The monoisotopic (exact) mass is 312 g/mol. The minimum absolute atomic E-state index is 0.232. The van der Waals surface area contributed by atoms with Crippen LogP contribution in [0.3, 0.4) is 0 Å². The molecule has 21 heavy (non-hydrogen) atoms. The van der Waals surface area contributed by atoms with Gasteiger partial charge in [-0.2, -0.15) is 0 Å². The van der Waals surface area contributed by atoms with Crippen LogP contribution < -0.4 is 10.5 Å². The van der Waals surface area contributed by atoms with Crippen LogP contribution in [-0.4, -0.2) is 14.5 Å². The second-order valence-corrected chi connectivity index (χ2v) is 6.63. The van der Waals surface area contributed by atoms with E-state index in [4.69, 9.17) is 10.2 Å². The van der Waals surface area contributed by atoms with Crippen LogP contribution in [0.5, 0.6) is 0 Å². The number of sulfonamides is 1. The second kappa shape index (κ2) is 5.87. The number of rotatable bonds is 5. The van der Waals surface area contributed by atoms with Gasteiger partial charge in [0.2, 0.25) is 10.0 Å². The molecular weight excluding hydrogens is 295 g/mol. The van der Waals surface area contributed by atoms with Crippen LogP contribution in [0.1, 0.15) is 18.2 Å². The number of hydrogen-bond donors (Lipinski definition) is 2. The van der Waals surface area contributed by atoms with Gasteiger partial charge in [0.25, 0.3) is 0 Å². The number of hydrogen-bond acceptors (Lipinski definition) is 4. The standard InChI is InChI=1S/C14H17FN2O3S/c1-9-6-12(15)14(8-13(9)16)21(18,19)17-10(2)7-11-4-3-5-20-11/h3-6,8,10,17H,7,16H2,1-2H3. The van der Waals surface area contributed by atoms with Gasteiger partial charge in [-0.1, -0.05) is 0 Å². The molecular formula is C14H17FN2O3S. The van der Waals surface area contributed by atoms with E-state index in [1.54, 1.807) is 26.0 Å². The Labute approximate surface area is 123 Å². The van der Waals surface area contributed by atoms with Gasteiger partial charge in [-0.25, -0.2) is 17.5 Å². The van der Waals surface area contributed by atoms with E-state index < -0.39 is 26.8 Å². The van der Waals surface area contributed by atoms with E-state index in [0.29, 0.717) is 17.7 Å². The van der Waals surface area contributed by atoms with Crippen molar-refractivity contribution in [3.8, 4) is 0 Å². The summed E-state index contributed by atoms with van der Waals surface area (Å²) in [4.78, 5) is -0.447. The van der Waals surface area contributed by atoms with E-state index in [2.05, 4.69) is 4.72 Å². The molecule has 0 bridgehead atoms. The van der Waals surface area contributed by atoms with Gasteiger partial charge in [-0.05, 0) is 43.7 Å². The fourth-order valence-corrected chi connectivity index (χ4v) is 3.31. The molecule has 0 radical (unpaired) electrons. The van der Waals surface area contributed by atoms with Gasteiger partial charge in [0.05, 0.1) is 6.26 Å². The number of anilines is 1. The molecule has 1 heterocycles. The van der Waals surface area contributed by atoms with Crippen molar-refractivity contribution in [1.29, 1.82) is 0 Å². The summed E-state index contributed by atoms with van der Waals surface area (Å²) in [5.41, 5.74) is 6.38. The zero-order chi connectivity index (χ0) is 15.6. The average molecular weight is 312 g/mol. The minimum atomic E-state index is -3.98. The average Bonchev–Trinajstić information content (AvgIpc) is 2.85. The topological polar surface area (TPSA) is 85.3 Å². The number of aryl methyl sites for hydroxylation is 1. The molecule has 0 aliphatic heterocycles. The van der Waals surface area contributed by atoms with Crippen molar-refractivity contribution in [2.24, 2.45) is 0 Å². The maximum Gasteiger partial charge on any atom is 0.243 e. The largest absolute Gasteiger partial charge is 0.469 e. The molecule has 114 valence electrons. The zero-order valence-electron chi connectivity index (χ0n) is 11.8. The number of halogens is 1.